The summed E-state index contributed by atoms with van der Waals surface area (Å²) in [5.74, 6) is -0.0376. The molecule has 0 heterocycles. The number of hydrogen-bond acceptors (Lipinski definition) is 3. The molecule has 0 spiro atoms. The van der Waals surface area contributed by atoms with Gasteiger partial charge in [0.05, 0.1) is 5.75 Å². The van der Waals surface area contributed by atoms with Crippen molar-refractivity contribution >= 4 is 15.7 Å². The van der Waals surface area contributed by atoms with Crippen LogP contribution < -0.4 is 10.5 Å². The Hall–Kier alpha value is -1.07. The van der Waals surface area contributed by atoms with Crippen molar-refractivity contribution in [3.63, 3.8) is 0 Å². The van der Waals surface area contributed by atoms with E-state index in [0.29, 0.717) is 5.69 Å². The smallest absolute Gasteiger partial charge is 0.233 e. The second kappa shape index (κ2) is 5.06. The first kappa shape index (κ1) is 12.4. The fourth-order valence-corrected chi connectivity index (χ4v) is 3.08. The molecule has 0 saturated carbocycles. The van der Waals surface area contributed by atoms with Gasteiger partial charge in [-0.25, -0.2) is 8.42 Å². The van der Waals surface area contributed by atoms with Crippen molar-refractivity contribution in [2.24, 2.45) is 5.73 Å². The van der Waals surface area contributed by atoms with Gasteiger partial charge in [0.2, 0.25) is 10.0 Å². The highest BCUT2D eigenvalue weighted by molar-refractivity contribution is 7.92. The lowest BCUT2D eigenvalue weighted by atomic mass is 9.91. The van der Waals surface area contributed by atoms with Gasteiger partial charge in [0.1, 0.15) is 0 Å². The molecule has 0 radical (unpaired) electrons. The summed E-state index contributed by atoms with van der Waals surface area (Å²) < 4.78 is 25.7. The summed E-state index contributed by atoms with van der Waals surface area (Å²) in [5.41, 5.74) is 8.53. The van der Waals surface area contributed by atoms with Crippen LogP contribution in [0.2, 0.25) is 0 Å². The Bertz CT molecular complexity index is 497. The number of sulfonamides is 1. The topological polar surface area (TPSA) is 72.2 Å². The minimum atomic E-state index is -3.29. The number of hydrogen-bond donors (Lipinski definition) is 2. The normalized spacial score (nSPS) is 15.4. The van der Waals surface area contributed by atoms with Crippen LogP contribution in [0.25, 0.3) is 0 Å². The van der Waals surface area contributed by atoms with Gasteiger partial charge in [-0.1, -0.05) is 6.07 Å². The minimum Gasteiger partial charge on any atom is -0.329 e. The zero-order valence-electron chi connectivity index (χ0n) is 9.78. The summed E-state index contributed by atoms with van der Waals surface area (Å²) in [4.78, 5) is 0. The van der Waals surface area contributed by atoms with Crippen LogP contribution >= 0.6 is 0 Å². The number of anilines is 1. The highest BCUT2D eigenvalue weighted by Gasteiger charge is 2.12. The molecule has 5 heteroatoms. The maximum atomic E-state index is 11.6. The molecule has 0 fully saturated rings. The Labute approximate surface area is 102 Å². The highest BCUT2D eigenvalue weighted by atomic mass is 32.2. The van der Waals surface area contributed by atoms with Gasteiger partial charge in [0.15, 0.2) is 0 Å². The van der Waals surface area contributed by atoms with Gasteiger partial charge < -0.3 is 5.73 Å². The average Bonchev–Trinajstić information content (AvgIpc) is 2.28. The monoisotopic (exact) mass is 254 g/mol. The molecule has 0 atom stereocenters. The first-order chi connectivity index (χ1) is 8.11. The Morgan fingerprint density at radius 2 is 1.88 bits per heavy atom. The van der Waals surface area contributed by atoms with E-state index in [1.807, 2.05) is 18.2 Å². The van der Waals surface area contributed by atoms with Crippen molar-refractivity contribution in [3.05, 3.63) is 29.3 Å². The maximum absolute atomic E-state index is 11.6. The third-order valence-corrected chi connectivity index (χ3v) is 4.33. The van der Waals surface area contributed by atoms with Crippen LogP contribution in [0.15, 0.2) is 18.2 Å². The van der Waals surface area contributed by atoms with E-state index in [-0.39, 0.29) is 12.3 Å². The molecule has 1 aromatic rings. The fraction of sp³-hybridized carbons (Fsp3) is 0.500. The van der Waals surface area contributed by atoms with E-state index >= 15 is 0 Å². The Kier molecular flexibility index (Phi) is 3.69. The molecule has 1 aliphatic rings. The van der Waals surface area contributed by atoms with Crippen LogP contribution in [0.1, 0.15) is 24.0 Å². The molecule has 0 bridgehead atoms. The minimum absolute atomic E-state index is 0.0376. The number of benzene rings is 1. The molecule has 17 heavy (non-hydrogen) atoms. The standard InChI is InChI=1S/C12H18N2O2S/c13-7-8-17(15,16)14-12-6-5-10-3-1-2-4-11(10)9-12/h5-6,9,14H,1-4,7-8,13H2. The molecular formula is C12H18N2O2S. The molecule has 0 aliphatic heterocycles. The van der Waals surface area contributed by atoms with Gasteiger partial charge in [0, 0.05) is 12.2 Å². The third kappa shape index (κ3) is 3.20. The molecule has 2 rings (SSSR count). The van der Waals surface area contributed by atoms with Crippen molar-refractivity contribution in [3.8, 4) is 0 Å². The Balaban J connectivity index is 2.17. The lowest BCUT2D eigenvalue weighted by Crippen LogP contribution is -2.22. The second-order valence-corrected chi connectivity index (χ2v) is 6.24. The summed E-state index contributed by atoms with van der Waals surface area (Å²) >= 11 is 0. The van der Waals surface area contributed by atoms with E-state index in [1.165, 1.54) is 24.0 Å². The number of rotatable bonds is 4. The molecule has 94 valence electrons. The van der Waals surface area contributed by atoms with E-state index in [4.69, 9.17) is 5.73 Å². The van der Waals surface area contributed by atoms with Crippen LogP contribution in [0.3, 0.4) is 0 Å². The zero-order valence-corrected chi connectivity index (χ0v) is 10.6. The zero-order chi connectivity index (χ0) is 12.3. The van der Waals surface area contributed by atoms with Crippen LogP contribution in [0, 0.1) is 0 Å². The second-order valence-electron chi connectivity index (χ2n) is 4.40. The predicted octanol–water partition coefficient (Wildman–Crippen LogP) is 1.27. The van der Waals surface area contributed by atoms with E-state index in [9.17, 15) is 8.42 Å². The lowest BCUT2D eigenvalue weighted by Gasteiger charge is -2.17. The number of aryl methyl sites for hydroxylation is 2. The molecule has 0 aromatic heterocycles. The summed E-state index contributed by atoms with van der Waals surface area (Å²) in [5, 5.41) is 0. The molecule has 1 aliphatic carbocycles. The van der Waals surface area contributed by atoms with E-state index < -0.39 is 10.0 Å². The van der Waals surface area contributed by atoms with Crippen molar-refractivity contribution in [1.29, 1.82) is 0 Å². The quantitative estimate of drug-likeness (QED) is 0.849. The largest absolute Gasteiger partial charge is 0.329 e. The van der Waals surface area contributed by atoms with Crippen LogP contribution in [0.5, 0.6) is 0 Å². The van der Waals surface area contributed by atoms with Crippen LogP contribution in [-0.2, 0) is 22.9 Å². The molecule has 0 amide bonds. The number of nitrogens with two attached hydrogens (primary N) is 1. The molecule has 1 aromatic carbocycles. The van der Waals surface area contributed by atoms with Crippen molar-refractivity contribution in [1.82, 2.24) is 0 Å². The molecule has 0 saturated heterocycles. The van der Waals surface area contributed by atoms with E-state index in [1.54, 1.807) is 0 Å². The average molecular weight is 254 g/mol. The van der Waals surface area contributed by atoms with E-state index in [2.05, 4.69) is 4.72 Å². The van der Waals surface area contributed by atoms with E-state index in [0.717, 1.165) is 12.8 Å². The van der Waals surface area contributed by atoms with Gasteiger partial charge in [-0.05, 0) is 48.9 Å². The number of fused-ring (bicyclic) bond motifs is 1. The Morgan fingerprint density at radius 1 is 1.18 bits per heavy atom. The summed E-state index contributed by atoms with van der Waals surface area (Å²) in [6, 6.07) is 5.80. The van der Waals surface area contributed by atoms with Gasteiger partial charge >= 0.3 is 0 Å². The Morgan fingerprint density at radius 3 is 2.59 bits per heavy atom. The summed E-state index contributed by atoms with van der Waals surface area (Å²) in [6.07, 6.45) is 4.56. The molecule has 3 N–H and O–H groups in total. The predicted molar refractivity (Wildman–Crippen MR) is 69.5 cm³/mol. The number of nitrogens with one attached hydrogen (secondary N) is 1. The van der Waals surface area contributed by atoms with Gasteiger partial charge in [-0.15, -0.1) is 0 Å². The molecular weight excluding hydrogens is 236 g/mol. The van der Waals surface area contributed by atoms with Crippen molar-refractivity contribution in [2.75, 3.05) is 17.0 Å². The maximum Gasteiger partial charge on any atom is 0.233 e. The van der Waals surface area contributed by atoms with Crippen molar-refractivity contribution in [2.45, 2.75) is 25.7 Å². The molecule has 0 unspecified atom stereocenters. The summed E-state index contributed by atoms with van der Waals surface area (Å²) in [7, 11) is -3.29. The van der Waals surface area contributed by atoms with Crippen LogP contribution in [-0.4, -0.2) is 20.7 Å². The molecule has 4 nitrogen and oxygen atoms in total. The first-order valence-corrected chi connectivity index (χ1v) is 7.58. The first-order valence-electron chi connectivity index (χ1n) is 5.93. The third-order valence-electron chi connectivity index (χ3n) is 3.01. The fourth-order valence-electron chi connectivity index (χ4n) is 2.18. The van der Waals surface area contributed by atoms with Gasteiger partial charge in [0.25, 0.3) is 0 Å². The lowest BCUT2D eigenvalue weighted by molar-refractivity contribution is 0.601. The van der Waals surface area contributed by atoms with Gasteiger partial charge in [-0.2, -0.15) is 0 Å². The SMILES string of the molecule is NCCS(=O)(=O)Nc1ccc2c(c1)CCCC2. The van der Waals surface area contributed by atoms with Crippen LogP contribution in [0.4, 0.5) is 5.69 Å². The summed E-state index contributed by atoms with van der Waals surface area (Å²) in [6.45, 7) is 0.139. The highest BCUT2D eigenvalue weighted by Crippen LogP contribution is 2.24. The van der Waals surface area contributed by atoms with Crippen molar-refractivity contribution < 1.29 is 8.42 Å². The van der Waals surface area contributed by atoms with Gasteiger partial charge in [-0.3, -0.25) is 4.72 Å².